The van der Waals surface area contributed by atoms with E-state index in [1.54, 1.807) is 3.51 Å². The molecule has 0 bridgehead atoms. The van der Waals surface area contributed by atoms with E-state index >= 15 is 0 Å². The molecule has 0 aliphatic heterocycles. The van der Waals surface area contributed by atoms with E-state index < -0.39 is 29.5 Å². The zero-order chi connectivity index (χ0) is 29.0. The van der Waals surface area contributed by atoms with Crippen LogP contribution in [0.25, 0.3) is 0 Å². The molecule has 0 saturated carbocycles. The maximum absolute atomic E-state index is 2.37. The molecule has 0 aliphatic carbocycles. The molecule has 0 atom stereocenters. The van der Waals surface area contributed by atoms with Gasteiger partial charge in [0.1, 0.15) is 0 Å². The van der Waals surface area contributed by atoms with Crippen LogP contribution >= 0.6 is 7.92 Å². The number of rotatable bonds is 8. The molecule has 2 radical (unpaired) electrons. The molecule has 0 unspecified atom stereocenters. The Balaban J connectivity index is 0.000000226. The molecule has 0 spiro atoms. The number of hydrogen-bond donors (Lipinski definition) is 0. The van der Waals surface area contributed by atoms with Crippen LogP contribution in [-0.4, -0.2) is 51.5 Å². The summed E-state index contributed by atoms with van der Waals surface area (Å²) in [6.07, 6.45) is 0. The molecule has 0 saturated heterocycles. The van der Waals surface area contributed by atoms with Gasteiger partial charge < -0.3 is 0 Å². The van der Waals surface area contributed by atoms with Crippen molar-refractivity contribution in [1.82, 2.24) is 0 Å². The van der Waals surface area contributed by atoms with E-state index in [-0.39, 0.29) is 15.8 Å². The first kappa shape index (κ1) is 30.4. The first-order valence-corrected chi connectivity index (χ1v) is 19.8. The van der Waals surface area contributed by atoms with E-state index in [2.05, 4.69) is 189 Å². The van der Waals surface area contributed by atoms with Crippen LogP contribution in [0.2, 0.25) is 0 Å². The van der Waals surface area contributed by atoms with E-state index in [1.165, 1.54) is 33.8 Å². The Morgan fingerprint density at radius 3 is 1.36 bits per heavy atom. The van der Waals surface area contributed by atoms with Gasteiger partial charge in [0.15, 0.2) is 0 Å². The normalized spacial score (nSPS) is 10.5. The van der Waals surface area contributed by atoms with E-state index in [1.807, 2.05) is 0 Å². The van der Waals surface area contributed by atoms with E-state index in [0.717, 1.165) is 0 Å². The predicted octanol–water partition coefficient (Wildman–Crippen LogP) is 4.51. The third-order valence-electron chi connectivity index (χ3n) is 6.50. The molecule has 1 nitrogen and oxygen atoms in total. The van der Waals surface area contributed by atoms with Gasteiger partial charge in [-0.05, 0) is 0 Å². The van der Waals surface area contributed by atoms with E-state index in [9.17, 15) is 0 Å². The molecule has 0 N–H and O–H groups in total. The van der Waals surface area contributed by atoms with Crippen LogP contribution in [0.1, 0.15) is 0 Å². The minimum absolute atomic E-state index is 0.177. The standard InChI is InChI=1S/C20H19NP.C12H10As.C6H5.Sb/c1-21(2)19-15-9-10-16-20(19)22(17-11-5-3-6-12-17)18-13-7-4-8-14-18;1-3-7-11(8-4-1)13-12-9-5-2-6-10-12;1-2-4-6-5-3-1;/h3-15H,1-2H3;1-10H;1-5H;. The van der Waals surface area contributed by atoms with E-state index in [4.69, 9.17) is 0 Å². The Morgan fingerprint density at radius 2 is 0.905 bits per heavy atom. The van der Waals surface area contributed by atoms with Crippen LogP contribution in [0.4, 0.5) is 5.69 Å². The monoisotopic (exact) mass is 731 g/mol. The predicted molar refractivity (Wildman–Crippen MR) is 189 cm³/mol. The molecule has 0 aromatic heterocycles. The van der Waals surface area contributed by atoms with Crippen LogP contribution in [0, 0.1) is 0 Å². The number of benzene rings is 6. The number of hydrogen-bond acceptors (Lipinski definition) is 1. The van der Waals surface area contributed by atoms with Crippen LogP contribution in [-0.2, 0) is 0 Å². The van der Waals surface area contributed by atoms with Gasteiger partial charge >= 0.3 is 271 Å². The molecular formula is C38H34AsNPSb. The Morgan fingerprint density at radius 1 is 0.476 bits per heavy atom. The Hall–Kier alpha value is -3.07. The topological polar surface area (TPSA) is 3.24 Å². The van der Waals surface area contributed by atoms with Crippen molar-refractivity contribution in [2.75, 3.05) is 19.0 Å². The second-order valence-corrected chi connectivity index (χ2v) is 18.1. The summed E-state index contributed by atoms with van der Waals surface area (Å²) >= 11 is -0.525. The summed E-state index contributed by atoms with van der Waals surface area (Å²) in [4.78, 5) is 2.28. The molecule has 0 fully saturated rings. The summed E-state index contributed by atoms with van der Waals surface area (Å²) < 4.78 is 5.98. The maximum atomic E-state index is 2.37. The van der Waals surface area contributed by atoms with Crippen LogP contribution in [0.3, 0.4) is 0 Å². The first-order chi connectivity index (χ1) is 20.7. The van der Waals surface area contributed by atoms with Crippen molar-refractivity contribution in [1.29, 1.82) is 0 Å². The summed E-state index contributed by atoms with van der Waals surface area (Å²) in [5.74, 6) is 0. The van der Waals surface area contributed by atoms with Crippen molar-refractivity contribution in [3.8, 4) is 0 Å². The minimum atomic E-state index is -0.701. The third kappa shape index (κ3) is 8.49. The average molecular weight is 732 g/mol. The van der Waals surface area contributed by atoms with Gasteiger partial charge in [0.25, 0.3) is 0 Å². The second-order valence-electron chi connectivity index (χ2n) is 9.78. The fourth-order valence-electron chi connectivity index (χ4n) is 4.56. The SMILES string of the molecule is CN(C)c1ccc[c]([Sb][c]2ccccc2)c1P(c1ccccc1)c1ccccc1.c1ccc([As]c2ccccc2)cc1. The molecule has 4 heteroatoms. The van der Waals surface area contributed by atoms with Gasteiger partial charge in [-0.3, -0.25) is 0 Å². The van der Waals surface area contributed by atoms with Gasteiger partial charge in [0.05, 0.1) is 0 Å². The third-order valence-corrected chi connectivity index (χ3v) is 15.2. The van der Waals surface area contributed by atoms with Crippen LogP contribution in [0.5, 0.6) is 0 Å². The van der Waals surface area contributed by atoms with Gasteiger partial charge in [-0.15, -0.1) is 0 Å². The van der Waals surface area contributed by atoms with Crippen LogP contribution < -0.4 is 36.5 Å². The zero-order valence-electron chi connectivity index (χ0n) is 24.0. The molecule has 6 rings (SSSR count). The van der Waals surface area contributed by atoms with Crippen molar-refractivity contribution >= 4 is 82.6 Å². The van der Waals surface area contributed by atoms with Crippen molar-refractivity contribution in [3.63, 3.8) is 0 Å². The van der Waals surface area contributed by atoms with E-state index in [0.29, 0.717) is 0 Å². The van der Waals surface area contributed by atoms with Gasteiger partial charge in [-0.1, -0.05) is 0 Å². The van der Waals surface area contributed by atoms with Crippen molar-refractivity contribution in [2.45, 2.75) is 0 Å². The first-order valence-electron chi connectivity index (χ1n) is 14.0. The van der Waals surface area contributed by atoms with Crippen molar-refractivity contribution in [3.05, 3.63) is 170 Å². The number of anilines is 1. The van der Waals surface area contributed by atoms with Gasteiger partial charge in [0, 0.05) is 0 Å². The Kier molecular flexibility index (Phi) is 11.5. The average Bonchev–Trinajstić information content (AvgIpc) is 3.05. The molecule has 0 heterocycles. The fraction of sp³-hybridized carbons (Fsp3) is 0.0526. The van der Waals surface area contributed by atoms with Gasteiger partial charge in [-0.2, -0.15) is 0 Å². The van der Waals surface area contributed by atoms with Gasteiger partial charge in [-0.25, -0.2) is 0 Å². The van der Waals surface area contributed by atoms with Gasteiger partial charge in [0.2, 0.25) is 0 Å². The fourth-order valence-corrected chi connectivity index (χ4v) is 13.1. The molecular weight excluding hydrogens is 698 g/mol. The van der Waals surface area contributed by atoms with Crippen molar-refractivity contribution in [2.24, 2.45) is 0 Å². The Bertz CT molecular complexity index is 1550. The quantitative estimate of drug-likeness (QED) is 0.165. The summed E-state index contributed by atoms with van der Waals surface area (Å²) in [7, 11) is 3.71. The number of nitrogens with zero attached hydrogens (tertiary/aromatic N) is 1. The summed E-state index contributed by atoms with van der Waals surface area (Å²) in [6, 6.07) is 61.3. The zero-order valence-corrected chi connectivity index (χ0v) is 29.3. The molecule has 0 amide bonds. The van der Waals surface area contributed by atoms with Crippen molar-refractivity contribution < 1.29 is 0 Å². The molecule has 0 aliphatic rings. The summed E-state index contributed by atoms with van der Waals surface area (Å²) in [6.45, 7) is 0. The molecule has 206 valence electrons. The molecule has 42 heavy (non-hydrogen) atoms. The molecule has 6 aromatic carbocycles. The second kappa shape index (κ2) is 16.0. The Labute approximate surface area is 269 Å². The summed E-state index contributed by atoms with van der Waals surface area (Å²) in [5, 5.41) is 4.34. The van der Waals surface area contributed by atoms with Crippen LogP contribution in [0.15, 0.2) is 170 Å². The molecule has 6 aromatic rings. The summed E-state index contributed by atoms with van der Waals surface area (Å²) in [5.41, 5.74) is 1.34.